The first-order valence-corrected chi connectivity index (χ1v) is 8.54. The number of carbonyl (C=O) groups is 2. The number of hydrogen-bond acceptors (Lipinski definition) is 4. The van der Waals surface area contributed by atoms with Crippen LogP contribution in [0.15, 0.2) is 36.7 Å². The van der Waals surface area contributed by atoms with Gasteiger partial charge in [-0.25, -0.2) is 4.79 Å². The fourth-order valence-corrected chi connectivity index (χ4v) is 3.43. The average Bonchev–Trinajstić information content (AvgIpc) is 3.08. The Morgan fingerprint density at radius 3 is 2.60 bits per heavy atom. The Kier molecular flexibility index (Phi) is 4.88. The number of amides is 1. The molecular weight excluding hydrogens is 318 g/mol. The normalized spacial score (nSPS) is 16.2. The summed E-state index contributed by atoms with van der Waals surface area (Å²) in [5.74, 6) is -0.609. The molecule has 0 saturated heterocycles. The highest BCUT2D eigenvalue weighted by Gasteiger charge is 2.42. The van der Waals surface area contributed by atoms with Gasteiger partial charge in [-0.2, -0.15) is 5.10 Å². The molecule has 1 aliphatic carbocycles. The molecule has 25 heavy (non-hydrogen) atoms. The number of ether oxygens (including phenoxy) is 1. The van der Waals surface area contributed by atoms with E-state index in [1.807, 2.05) is 31.4 Å². The summed E-state index contributed by atoms with van der Waals surface area (Å²) in [5, 5.41) is 7.11. The van der Waals surface area contributed by atoms with Crippen LogP contribution < -0.4 is 5.32 Å². The summed E-state index contributed by atoms with van der Waals surface area (Å²) in [4.78, 5) is 25.1. The molecule has 1 aromatic carbocycles. The van der Waals surface area contributed by atoms with E-state index >= 15 is 0 Å². The topological polar surface area (TPSA) is 73.2 Å². The highest BCUT2D eigenvalue weighted by atomic mass is 16.5. The van der Waals surface area contributed by atoms with Gasteiger partial charge >= 0.3 is 5.97 Å². The fraction of sp³-hybridized carbons (Fsp3) is 0.421. The minimum atomic E-state index is -0.908. The first kappa shape index (κ1) is 17.2. The summed E-state index contributed by atoms with van der Waals surface area (Å²) in [6.45, 7) is 0. The van der Waals surface area contributed by atoms with Gasteiger partial charge < -0.3 is 10.1 Å². The van der Waals surface area contributed by atoms with E-state index in [0.717, 1.165) is 30.4 Å². The lowest BCUT2D eigenvalue weighted by atomic mass is 9.81. The standard InChI is InChI=1S/C19H23N3O3/c1-22-13-16(12-20-22)14-7-6-8-15(11-14)17(23)21-19(18(24)25-2)9-4-3-5-10-19/h6-8,11-13H,3-5,9-10H2,1-2H3,(H,21,23). The highest BCUT2D eigenvalue weighted by molar-refractivity contribution is 5.99. The third-order valence-electron chi connectivity index (χ3n) is 4.80. The Labute approximate surface area is 147 Å². The fourth-order valence-electron chi connectivity index (χ4n) is 3.43. The van der Waals surface area contributed by atoms with Gasteiger partial charge in [0.15, 0.2) is 0 Å². The van der Waals surface area contributed by atoms with Crippen molar-refractivity contribution in [2.45, 2.75) is 37.6 Å². The molecule has 0 unspecified atom stereocenters. The zero-order valence-electron chi connectivity index (χ0n) is 14.6. The van der Waals surface area contributed by atoms with E-state index in [0.29, 0.717) is 18.4 Å². The Balaban J connectivity index is 1.84. The van der Waals surface area contributed by atoms with Gasteiger partial charge in [-0.1, -0.05) is 31.4 Å². The predicted molar refractivity (Wildman–Crippen MR) is 93.9 cm³/mol. The summed E-state index contributed by atoms with van der Waals surface area (Å²) in [7, 11) is 3.22. The van der Waals surface area contributed by atoms with Gasteiger partial charge in [0, 0.05) is 24.4 Å². The number of benzene rings is 1. The molecule has 1 amide bonds. The van der Waals surface area contributed by atoms with Crippen LogP contribution in [0.5, 0.6) is 0 Å². The molecule has 0 spiro atoms. The third-order valence-corrected chi connectivity index (χ3v) is 4.80. The van der Waals surface area contributed by atoms with Crippen molar-refractivity contribution in [3.05, 3.63) is 42.2 Å². The quantitative estimate of drug-likeness (QED) is 0.868. The zero-order chi connectivity index (χ0) is 17.9. The maximum Gasteiger partial charge on any atom is 0.331 e. The van der Waals surface area contributed by atoms with Crippen LogP contribution in [0.4, 0.5) is 0 Å². The third kappa shape index (κ3) is 3.57. The maximum absolute atomic E-state index is 12.8. The first-order chi connectivity index (χ1) is 12.0. The van der Waals surface area contributed by atoms with Crippen LogP contribution in [0.1, 0.15) is 42.5 Å². The van der Waals surface area contributed by atoms with Crippen molar-refractivity contribution >= 4 is 11.9 Å². The smallest absolute Gasteiger partial charge is 0.331 e. The van der Waals surface area contributed by atoms with Crippen molar-refractivity contribution in [1.29, 1.82) is 0 Å². The summed E-state index contributed by atoms with van der Waals surface area (Å²) >= 11 is 0. The van der Waals surface area contributed by atoms with Crippen LogP contribution >= 0.6 is 0 Å². The van der Waals surface area contributed by atoms with E-state index in [-0.39, 0.29) is 11.9 Å². The van der Waals surface area contributed by atoms with Gasteiger partial charge in [-0.15, -0.1) is 0 Å². The summed E-state index contributed by atoms with van der Waals surface area (Å²) in [6.07, 6.45) is 7.78. The molecule has 1 N–H and O–H groups in total. The lowest BCUT2D eigenvalue weighted by Gasteiger charge is -2.35. The summed E-state index contributed by atoms with van der Waals surface area (Å²) in [5.41, 5.74) is 1.47. The number of nitrogens with one attached hydrogen (secondary N) is 1. The second-order valence-electron chi connectivity index (χ2n) is 6.57. The lowest BCUT2D eigenvalue weighted by Crippen LogP contribution is -2.56. The molecule has 1 heterocycles. The lowest BCUT2D eigenvalue weighted by molar-refractivity contribution is -0.149. The zero-order valence-corrected chi connectivity index (χ0v) is 14.6. The second-order valence-corrected chi connectivity index (χ2v) is 6.57. The number of methoxy groups -OCH3 is 1. The Hall–Kier alpha value is -2.63. The average molecular weight is 341 g/mol. The monoisotopic (exact) mass is 341 g/mol. The molecule has 1 fully saturated rings. The van der Waals surface area contributed by atoms with Crippen LogP contribution in [-0.4, -0.2) is 34.3 Å². The highest BCUT2D eigenvalue weighted by Crippen LogP contribution is 2.30. The Morgan fingerprint density at radius 2 is 1.96 bits per heavy atom. The van der Waals surface area contributed by atoms with Crippen molar-refractivity contribution in [3.63, 3.8) is 0 Å². The largest absolute Gasteiger partial charge is 0.467 e. The molecule has 0 bridgehead atoms. The van der Waals surface area contributed by atoms with Crippen molar-refractivity contribution in [3.8, 4) is 11.1 Å². The van der Waals surface area contributed by atoms with Crippen LogP contribution in [0.2, 0.25) is 0 Å². The molecule has 1 aromatic heterocycles. The van der Waals surface area contributed by atoms with Gasteiger partial charge in [0.2, 0.25) is 0 Å². The van der Waals surface area contributed by atoms with Crippen molar-refractivity contribution < 1.29 is 14.3 Å². The molecule has 6 heteroatoms. The van der Waals surface area contributed by atoms with E-state index in [2.05, 4.69) is 10.4 Å². The maximum atomic E-state index is 12.8. The number of hydrogen-bond donors (Lipinski definition) is 1. The van der Waals surface area contributed by atoms with Crippen LogP contribution in [0, 0.1) is 0 Å². The molecule has 2 aromatic rings. The Morgan fingerprint density at radius 1 is 1.20 bits per heavy atom. The summed E-state index contributed by atoms with van der Waals surface area (Å²) in [6, 6.07) is 7.34. The number of esters is 1. The van der Waals surface area contributed by atoms with Gasteiger partial charge in [0.1, 0.15) is 5.54 Å². The molecule has 132 valence electrons. The van der Waals surface area contributed by atoms with Crippen molar-refractivity contribution in [2.75, 3.05) is 7.11 Å². The van der Waals surface area contributed by atoms with E-state index in [1.165, 1.54) is 7.11 Å². The second kappa shape index (κ2) is 7.09. The van der Waals surface area contributed by atoms with Crippen molar-refractivity contribution in [1.82, 2.24) is 15.1 Å². The van der Waals surface area contributed by atoms with E-state index in [4.69, 9.17) is 4.74 Å². The van der Waals surface area contributed by atoms with Crippen molar-refractivity contribution in [2.24, 2.45) is 7.05 Å². The van der Waals surface area contributed by atoms with E-state index in [1.54, 1.807) is 16.9 Å². The number of nitrogens with zero attached hydrogens (tertiary/aromatic N) is 2. The van der Waals surface area contributed by atoms with Crippen LogP contribution in [0.3, 0.4) is 0 Å². The molecule has 0 atom stereocenters. The van der Waals surface area contributed by atoms with Gasteiger partial charge in [-0.05, 0) is 30.5 Å². The SMILES string of the molecule is COC(=O)C1(NC(=O)c2cccc(-c3cnn(C)c3)c2)CCCCC1. The predicted octanol–water partition coefficient (Wildman–Crippen LogP) is 2.69. The van der Waals surface area contributed by atoms with E-state index < -0.39 is 5.54 Å². The minimum absolute atomic E-state index is 0.252. The van der Waals surface area contributed by atoms with E-state index in [9.17, 15) is 9.59 Å². The first-order valence-electron chi connectivity index (χ1n) is 8.54. The van der Waals surface area contributed by atoms with Crippen LogP contribution in [-0.2, 0) is 16.6 Å². The number of aryl methyl sites for hydroxylation is 1. The van der Waals surface area contributed by atoms with Gasteiger partial charge in [-0.3, -0.25) is 9.48 Å². The molecule has 1 aliphatic rings. The molecular formula is C19H23N3O3. The van der Waals surface area contributed by atoms with Crippen LogP contribution in [0.25, 0.3) is 11.1 Å². The molecule has 0 aliphatic heterocycles. The molecule has 3 rings (SSSR count). The number of aromatic nitrogens is 2. The summed E-state index contributed by atoms with van der Waals surface area (Å²) < 4.78 is 6.68. The molecule has 0 radical (unpaired) electrons. The number of carbonyl (C=O) groups excluding carboxylic acids is 2. The van der Waals surface area contributed by atoms with Gasteiger partial charge in [0.05, 0.1) is 13.3 Å². The molecule has 6 nitrogen and oxygen atoms in total. The minimum Gasteiger partial charge on any atom is -0.467 e. The molecule has 1 saturated carbocycles. The Bertz CT molecular complexity index is 776. The van der Waals surface area contributed by atoms with Gasteiger partial charge in [0.25, 0.3) is 5.91 Å². The number of rotatable bonds is 4.